The Kier molecular flexibility index (Phi) is 5.67. The molecule has 0 bridgehead atoms. The van der Waals surface area contributed by atoms with Crippen molar-refractivity contribution in [1.82, 2.24) is 0 Å². The molecule has 15 heavy (non-hydrogen) atoms. The first-order valence-corrected chi connectivity index (χ1v) is 3.92. The van der Waals surface area contributed by atoms with Crippen LogP contribution in [0.2, 0.25) is 0 Å². The summed E-state index contributed by atoms with van der Waals surface area (Å²) in [6.45, 7) is 0. The summed E-state index contributed by atoms with van der Waals surface area (Å²) in [5.41, 5.74) is 0.440. The van der Waals surface area contributed by atoms with Gasteiger partial charge in [0.2, 0.25) is 0 Å². The normalized spacial score (nSPS) is 11.5. The summed E-state index contributed by atoms with van der Waals surface area (Å²) in [6.07, 6.45) is -1.61. The number of phenolic OH excluding ortho intramolecular Hbond substituents is 2. The third-order valence-electron chi connectivity index (χ3n) is 1.75. The van der Waals surface area contributed by atoms with Crippen molar-refractivity contribution in [2.75, 3.05) is 0 Å². The summed E-state index contributed by atoms with van der Waals surface area (Å²) in [7, 11) is 0. The zero-order valence-corrected chi connectivity index (χ0v) is 10.2. The second-order valence-electron chi connectivity index (χ2n) is 2.88. The molecule has 1 aromatic carbocycles. The van der Waals surface area contributed by atoms with Crippen molar-refractivity contribution in [1.29, 1.82) is 0 Å². The molecule has 1 aromatic rings. The van der Waals surface area contributed by atoms with E-state index in [2.05, 4.69) is 0 Å². The number of hydrogen-bond acceptors (Lipinski definition) is 4. The van der Waals surface area contributed by atoms with Gasteiger partial charge in [-0.1, -0.05) is 6.07 Å². The molecule has 5 nitrogen and oxygen atoms in total. The fourth-order valence-electron chi connectivity index (χ4n) is 1.01. The van der Waals surface area contributed by atoms with E-state index in [4.69, 9.17) is 20.4 Å². The van der Waals surface area contributed by atoms with E-state index in [1.54, 1.807) is 0 Å². The number of carboxylic acids is 1. The van der Waals surface area contributed by atoms with Gasteiger partial charge in [0, 0.05) is 6.42 Å². The van der Waals surface area contributed by atoms with E-state index >= 15 is 0 Å². The molecule has 1 atom stereocenters. The number of aliphatic carboxylic acids is 1. The zero-order chi connectivity index (χ0) is 10.7. The van der Waals surface area contributed by atoms with Gasteiger partial charge in [0.25, 0.3) is 0 Å². The number of aromatic hydroxyl groups is 2. The summed E-state index contributed by atoms with van der Waals surface area (Å²) < 4.78 is 0. The molecule has 0 saturated carbocycles. The first kappa shape index (κ1) is 14.2. The molecule has 0 aliphatic carbocycles. The molecular weight excluding hydrogens is 211 g/mol. The monoisotopic (exact) mass is 222 g/mol. The fraction of sp³-hybridized carbons (Fsp3) is 0.222. The van der Waals surface area contributed by atoms with Crippen molar-refractivity contribution in [2.24, 2.45) is 0 Å². The van der Waals surface area contributed by atoms with E-state index in [0.717, 1.165) is 0 Å². The zero-order valence-electron chi connectivity index (χ0n) is 9.21. The molecule has 0 aliphatic rings. The first-order valence-electron chi connectivity index (χ1n) is 3.92. The van der Waals surface area contributed by atoms with E-state index < -0.39 is 12.1 Å². The van der Waals surface area contributed by atoms with Gasteiger partial charge < -0.3 is 21.9 Å². The second-order valence-corrected chi connectivity index (χ2v) is 2.88. The summed E-state index contributed by atoms with van der Waals surface area (Å²) in [5.74, 6) is -1.93. The Morgan fingerprint density at radius 3 is 2.40 bits per heavy atom. The minimum absolute atomic E-state index is 0. The molecule has 0 amide bonds. The Morgan fingerprint density at radius 2 is 1.93 bits per heavy atom. The van der Waals surface area contributed by atoms with Crippen molar-refractivity contribution < 1.29 is 56.2 Å². The minimum Gasteiger partial charge on any atom is -1.00 e. The van der Waals surface area contributed by atoms with Crippen LogP contribution in [0.4, 0.5) is 0 Å². The maximum absolute atomic E-state index is 10.3. The third-order valence-corrected chi connectivity index (χ3v) is 1.75. The van der Waals surface area contributed by atoms with E-state index in [1.165, 1.54) is 18.2 Å². The van der Waals surface area contributed by atoms with Crippen LogP contribution in [-0.4, -0.2) is 32.5 Å². The molecule has 0 spiro atoms. The van der Waals surface area contributed by atoms with E-state index in [-0.39, 0.29) is 48.9 Å². The molecule has 1 rings (SSSR count). The van der Waals surface area contributed by atoms with Crippen LogP contribution < -0.4 is 29.6 Å². The van der Waals surface area contributed by atoms with Gasteiger partial charge >= 0.3 is 35.5 Å². The number of benzene rings is 1. The Morgan fingerprint density at radius 1 is 1.33 bits per heavy atom. The number of aliphatic hydroxyl groups is 1. The van der Waals surface area contributed by atoms with Gasteiger partial charge in [0.1, 0.15) is 0 Å². The van der Waals surface area contributed by atoms with Crippen molar-refractivity contribution in [3.63, 3.8) is 0 Å². The van der Waals surface area contributed by atoms with Gasteiger partial charge in [-0.05, 0) is 17.7 Å². The number of carboxylic acid groups (broad SMARTS) is 1. The molecule has 0 unspecified atom stereocenters. The van der Waals surface area contributed by atoms with Gasteiger partial charge in [0.15, 0.2) is 17.6 Å². The summed E-state index contributed by atoms with van der Waals surface area (Å²) in [5, 5.41) is 35.4. The Balaban J connectivity index is 0. The van der Waals surface area contributed by atoms with Crippen molar-refractivity contribution in [2.45, 2.75) is 12.5 Å². The van der Waals surface area contributed by atoms with Crippen LogP contribution in [0.3, 0.4) is 0 Å². The molecule has 78 valence electrons. The first-order chi connectivity index (χ1) is 6.50. The summed E-state index contributed by atoms with van der Waals surface area (Å²) in [4.78, 5) is 10.3. The molecule has 0 fully saturated rings. The molecular formula is C9H11NaO5. The quantitative estimate of drug-likeness (QED) is 0.327. The summed E-state index contributed by atoms with van der Waals surface area (Å²) in [6, 6.07) is 3.88. The standard InChI is InChI=1S/C9H10O5.Na.H/c10-6-2-1-5(3-7(6)11)4-8(12)9(13)14;;/h1-3,8,10-12H,4H2,(H,13,14);;/q;+1;-1/t8-;;/m0../s1. The van der Waals surface area contributed by atoms with Gasteiger partial charge in [-0.3, -0.25) is 0 Å². The number of phenols is 2. The van der Waals surface area contributed by atoms with Crippen LogP contribution in [0.15, 0.2) is 18.2 Å². The maximum atomic E-state index is 10.3. The van der Waals surface area contributed by atoms with E-state index in [1.807, 2.05) is 0 Å². The maximum Gasteiger partial charge on any atom is 1.00 e. The van der Waals surface area contributed by atoms with Gasteiger partial charge in [0.05, 0.1) is 0 Å². The second kappa shape index (κ2) is 5.97. The Bertz CT molecular complexity index is 358. The molecule has 0 aromatic heterocycles. The number of rotatable bonds is 3. The predicted molar refractivity (Wildman–Crippen MR) is 48.2 cm³/mol. The van der Waals surface area contributed by atoms with Gasteiger partial charge in [-0.25, -0.2) is 4.79 Å². The van der Waals surface area contributed by atoms with Crippen molar-refractivity contribution >= 4 is 5.97 Å². The molecule has 0 heterocycles. The van der Waals surface area contributed by atoms with Crippen LogP contribution in [-0.2, 0) is 11.2 Å². The summed E-state index contributed by atoms with van der Waals surface area (Å²) >= 11 is 0. The number of aliphatic hydroxyl groups excluding tert-OH is 1. The number of hydrogen-bond donors (Lipinski definition) is 4. The predicted octanol–water partition coefficient (Wildman–Crippen LogP) is -2.80. The van der Waals surface area contributed by atoms with Crippen LogP contribution in [0.1, 0.15) is 6.99 Å². The minimum atomic E-state index is -1.50. The average Bonchev–Trinajstić information content (AvgIpc) is 2.11. The molecule has 6 heteroatoms. The van der Waals surface area contributed by atoms with E-state index in [9.17, 15) is 4.79 Å². The average molecular weight is 222 g/mol. The molecule has 4 N–H and O–H groups in total. The van der Waals surface area contributed by atoms with Gasteiger partial charge in [-0.2, -0.15) is 0 Å². The van der Waals surface area contributed by atoms with Crippen molar-refractivity contribution in [3.05, 3.63) is 23.8 Å². The topological polar surface area (TPSA) is 98.0 Å². The molecule has 0 aliphatic heterocycles. The fourth-order valence-corrected chi connectivity index (χ4v) is 1.01. The smallest absolute Gasteiger partial charge is 1.00 e. The van der Waals surface area contributed by atoms with Crippen LogP contribution in [0.5, 0.6) is 11.5 Å². The Labute approximate surface area is 110 Å². The van der Waals surface area contributed by atoms with E-state index in [0.29, 0.717) is 5.56 Å². The third kappa shape index (κ3) is 4.09. The largest absolute Gasteiger partial charge is 1.00 e. The van der Waals surface area contributed by atoms with Crippen LogP contribution >= 0.6 is 0 Å². The van der Waals surface area contributed by atoms with Crippen molar-refractivity contribution in [3.8, 4) is 11.5 Å². The Hall–Kier alpha value is -0.750. The van der Waals surface area contributed by atoms with Crippen LogP contribution in [0.25, 0.3) is 0 Å². The molecule has 0 saturated heterocycles. The SMILES string of the molecule is O=C(O)[C@@H](O)Cc1ccc(O)c(O)c1.[H-].[Na+]. The van der Waals surface area contributed by atoms with Crippen LogP contribution in [0, 0.1) is 0 Å². The molecule has 0 radical (unpaired) electrons. The van der Waals surface area contributed by atoms with Gasteiger partial charge in [-0.15, -0.1) is 0 Å². The number of carbonyl (C=O) groups is 1.